The molecule has 0 radical (unpaired) electrons. The predicted molar refractivity (Wildman–Crippen MR) is 66.1 cm³/mol. The van der Waals surface area contributed by atoms with Crippen LogP contribution in [0.1, 0.15) is 24.8 Å². The van der Waals surface area contributed by atoms with Crippen molar-refractivity contribution in [3.8, 4) is 0 Å². The van der Waals surface area contributed by atoms with Crippen LogP contribution in [-0.4, -0.2) is 29.7 Å². The molecular weight excluding hydrogens is 236 g/mol. The van der Waals surface area contributed by atoms with Gasteiger partial charge in [0.1, 0.15) is 11.6 Å². The van der Waals surface area contributed by atoms with Gasteiger partial charge in [0.2, 0.25) is 0 Å². The highest BCUT2D eigenvalue weighted by molar-refractivity contribution is 5.19. The summed E-state index contributed by atoms with van der Waals surface area (Å²) in [6.07, 6.45) is 2.90. The molecule has 4 heteroatoms. The first-order valence-electron chi connectivity index (χ1n) is 6.47. The van der Waals surface area contributed by atoms with E-state index in [1.807, 2.05) is 0 Å². The average molecular weight is 255 g/mol. The number of halogens is 2. The number of hydrogen-bond donors (Lipinski definition) is 1. The second-order valence-electron chi connectivity index (χ2n) is 4.96. The first kappa shape index (κ1) is 13.4. The van der Waals surface area contributed by atoms with Gasteiger partial charge in [0, 0.05) is 25.3 Å². The summed E-state index contributed by atoms with van der Waals surface area (Å²) in [7, 11) is 0. The third-order valence-corrected chi connectivity index (χ3v) is 3.58. The zero-order valence-corrected chi connectivity index (χ0v) is 10.4. The van der Waals surface area contributed by atoms with E-state index in [4.69, 9.17) is 5.11 Å². The Labute approximate surface area is 106 Å². The van der Waals surface area contributed by atoms with Crippen LogP contribution in [0.15, 0.2) is 18.2 Å². The Morgan fingerprint density at radius 1 is 1.28 bits per heavy atom. The average Bonchev–Trinajstić information content (AvgIpc) is 2.35. The van der Waals surface area contributed by atoms with Gasteiger partial charge in [-0.3, -0.25) is 4.90 Å². The lowest BCUT2D eigenvalue weighted by molar-refractivity contribution is 0.140. The number of aliphatic hydroxyl groups excluding tert-OH is 1. The predicted octanol–water partition coefficient (Wildman–Crippen LogP) is 2.56. The largest absolute Gasteiger partial charge is 0.396 e. The molecule has 2 rings (SSSR count). The molecule has 0 saturated carbocycles. The van der Waals surface area contributed by atoms with E-state index in [-0.39, 0.29) is 12.2 Å². The van der Waals surface area contributed by atoms with E-state index >= 15 is 0 Å². The van der Waals surface area contributed by atoms with Crippen molar-refractivity contribution in [2.24, 2.45) is 5.92 Å². The first-order chi connectivity index (χ1) is 8.70. The molecule has 0 bridgehead atoms. The van der Waals surface area contributed by atoms with Gasteiger partial charge >= 0.3 is 0 Å². The van der Waals surface area contributed by atoms with Crippen LogP contribution in [0.3, 0.4) is 0 Å². The first-order valence-corrected chi connectivity index (χ1v) is 6.47. The summed E-state index contributed by atoms with van der Waals surface area (Å²) in [6, 6.07) is 3.99. The van der Waals surface area contributed by atoms with Gasteiger partial charge < -0.3 is 5.11 Å². The molecule has 0 spiro atoms. The van der Waals surface area contributed by atoms with Crippen LogP contribution in [0, 0.1) is 17.6 Å². The Balaban J connectivity index is 2.00. The van der Waals surface area contributed by atoms with Crippen molar-refractivity contribution in [2.45, 2.75) is 25.8 Å². The van der Waals surface area contributed by atoms with Crippen molar-refractivity contribution < 1.29 is 13.9 Å². The minimum atomic E-state index is -0.473. The summed E-state index contributed by atoms with van der Waals surface area (Å²) in [5, 5.41) is 8.94. The Bertz CT molecular complexity index is 375. The quantitative estimate of drug-likeness (QED) is 0.893. The standard InChI is InChI=1S/C14H19F2NO/c15-13-4-1-5-14(16)12(13)10-17-7-2-3-11(9-17)6-8-18/h1,4-5,11,18H,2-3,6-10H2. The van der Waals surface area contributed by atoms with Gasteiger partial charge in [-0.1, -0.05) is 6.07 Å². The molecule has 0 amide bonds. The summed E-state index contributed by atoms with van der Waals surface area (Å²) in [4.78, 5) is 2.07. The van der Waals surface area contributed by atoms with Crippen LogP contribution in [0.25, 0.3) is 0 Å². The molecule has 0 aliphatic carbocycles. The van der Waals surface area contributed by atoms with Crippen LogP contribution in [0.4, 0.5) is 8.78 Å². The fourth-order valence-corrected chi connectivity index (χ4v) is 2.62. The summed E-state index contributed by atoms with van der Waals surface area (Å²) < 4.78 is 27.1. The van der Waals surface area contributed by atoms with E-state index in [0.717, 1.165) is 32.4 Å². The highest BCUT2D eigenvalue weighted by atomic mass is 19.1. The number of likely N-dealkylation sites (tertiary alicyclic amines) is 1. The number of hydrogen-bond acceptors (Lipinski definition) is 2. The second-order valence-corrected chi connectivity index (χ2v) is 4.96. The minimum absolute atomic E-state index is 0.155. The topological polar surface area (TPSA) is 23.5 Å². The summed E-state index contributed by atoms with van der Waals surface area (Å²) in [6.45, 7) is 2.19. The van der Waals surface area contributed by atoms with Gasteiger partial charge in [-0.25, -0.2) is 8.78 Å². The molecule has 1 fully saturated rings. The third kappa shape index (κ3) is 3.27. The van der Waals surface area contributed by atoms with E-state index in [2.05, 4.69) is 4.90 Å². The molecule has 1 aliphatic heterocycles. The van der Waals surface area contributed by atoms with Crippen molar-refractivity contribution in [1.29, 1.82) is 0 Å². The molecule has 0 aromatic heterocycles. The molecule has 1 atom stereocenters. The zero-order valence-electron chi connectivity index (χ0n) is 10.4. The summed E-state index contributed by atoms with van der Waals surface area (Å²) in [5.74, 6) is -0.503. The number of benzene rings is 1. The Morgan fingerprint density at radius 2 is 2.00 bits per heavy atom. The van der Waals surface area contributed by atoms with E-state index in [1.165, 1.54) is 18.2 Å². The highest BCUT2D eigenvalue weighted by Gasteiger charge is 2.21. The molecule has 1 aliphatic rings. The molecule has 1 aromatic carbocycles. The second kappa shape index (κ2) is 6.25. The van der Waals surface area contributed by atoms with Gasteiger partial charge in [-0.2, -0.15) is 0 Å². The van der Waals surface area contributed by atoms with Crippen LogP contribution in [0.2, 0.25) is 0 Å². The summed E-state index contributed by atoms with van der Waals surface area (Å²) in [5.41, 5.74) is 0.155. The lowest BCUT2D eigenvalue weighted by atomic mass is 9.95. The van der Waals surface area contributed by atoms with Crippen molar-refractivity contribution >= 4 is 0 Å². The van der Waals surface area contributed by atoms with E-state index in [0.29, 0.717) is 12.5 Å². The Morgan fingerprint density at radius 3 is 2.67 bits per heavy atom. The highest BCUT2D eigenvalue weighted by Crippen LogP contribution is 2.22. The summed E-state index contributed by atoms with van der Waals surface area (Å²) >= 11 is 0. The molecule has 1 unspecified atom stereocenters. The van der Waals surface area contributed by atoms with Crippen molar-refractivity contribution in [3.63, 3.8) is 0 Å². The molecule has 100 valence electrons. The molecule has 1 N–H and O–H groups in total. The maximum absolute atomic E-state index is 13.5. The monoisotopic (exact) mass is 255 g/mol. The Kier molecular flexibility index (Phi) is 4.66. The Hall–Kier alpha value is -1.00. The normalized spacial score (nSPS) is 21.2. The van der Waals surface area contributed by atoms with Crippen molar-refractivity contribution in [3.05, 3.63) is 35.4 Å². The third-order valence-electron chi connectivity index (χ3n) is 3.58. The number of aliphatic hydroxyl groups is 1. The van der Waals surface area contributed by atoms with Gasteiger partial charge in [0.05, 0.1) is 0 Å². The molecule has 1 heterocycles. The SMILES string of the molecule is OCCC1CCCN(Cc2c(F)cccc2F)C1. The van der Waals surface area contributed by atoms with Gasteiger partial charge in [0.25, 0.3) is 0 Å². The van der Waals surface area contributed by atoms with Crippen LogP contribution < -0.4 is 0 Å². The van der Waals surface area contributed by atoms with Crippen LogP contribution in [-0.2, 0) is 6.54 Å². The van der Waals surface area contributed by atoms with E-state index < -0.39 is 11.6 Å². The van der Waals surface area contributed by atoms with Gasteiger partial charge in [-0.05, 0) is 43.9 Å². The van der Waals surface area contributed by atoms with E-state index in [1.54, 1.807) is 0 Å². The smallest absolute Gasteiger partial charge is 0.130 e. The molecule has 18 heavy (non-hydrogen) atoms. The molecule has 1 saturated heterocycles. The lowest BCUT2D eigenvalue weighted by Gasteiger charge is -2.32. The maximum atomic E-state index is 13.5. The van der Waals surface area contributed by atoms with Crippen LogP contribution >= 0.6 is 0 Å². The number of rotatable bonds is 4. The molecule has 2 nitrogen and oxygen atoms in total. The van der Waals surface area contributed by atoms with Gasteiger partial charge in [0.15, 0.2) is 0 Å². The minimum Gasteiger partial charge on any atom is -0.396 e. The molecule has 1 aromatic rings. The van der Waals surface area contributed by atoms with E-state index in [9.17, 15) is 8.78 Å². The fourth-order valence-electron chi connectivity index (χ4n) is 2.62. The lowest BCUT2D eigenvalue weighted by Crippen LogP contribution is -2.35. The zero-order chi connectivity index (χ0) is 13.0. The van der Waals surface area contributed by atoms with Gasteiger partial charge in [-0.15, -0.1) is 0 Å². The maximum Gasteiger partial charge on any atom is 0.130 e. The molecular formula is C14H19F2NO. The van der Waals surface area contributed by atoms with Crippen LogP contribution in [0.5, 0.6) is 0 Å². The fraction of sp³-hybridized carbons (Fsp3) is 0.571. The number of nitrogens with zero attached hydrogens (tertiary/aromatic N) is 1. The van der Waals surface area contributed by atoms with Crippen molar-refractivity contribution in [2.75, 3.05) is 19.7 Å². The number of piperidine rings is 1. The van der Waals surface area contributed by atoms with Crippen molar-refractivity contribution in [1.82, 2.24) is 4.90 Å².